The Hall–Kier alpha value is -1.51. The fourth-order valence-electron chi connectivity index (χ4n) is 1.70. The second kappa shape index (κ2) is 3.57. The average Bonchev–Trinajstić information content (AvgIpc) is 2.47. The molecule has 1 unspecified atom stereocenters. The molecule has 2 rings (SSSR count). The van der Waals surface area contributed by atoms with Crippen LogP contribution < -0.4 is 5.32 Å². The fourth-order valence-corrected chi connectivity index (χ4v) is 1.70. The van der Waals surface area contributed by atoms with E-state index in [-0.39, 0.29) is 17.4 Å². The zero-order valence-electron chi connectivity index (χ0n) is 8.99. The zero-order valence-corrected chi connectivity index (χ0v) is 8.99. The van der Waals surface area contributed by atoms with Crippen molar-refractivity contribution in [2.45, 2.75) is 19.9 Å². The van der Waals surface area contributed by atoms with Crippen LogP contribution in [0, 0.1) is 5.41 Å². The molecule has 0 saturated carbocycles. The van der Waals surface area contributed by atoms with Crippen LogP contribution in [0.1, 0.15) is 13.8 Å². The second-order valence-corrected chi connectivity index (χ2v) is 4.54. The molecule has 1 aromatic carbocycles. The highest BCUT2D eigenvalue weighted by Crippen LogP contribution is 2.30. The molecule has 0 bridgehead atoms. The number of anilines is 1. The maximum atomic E-state index is 11.5. The second-order valence-electron chi connectivity index (χ2n) is 4.54. The first kappa shape index (κ1) is 10.0. The molecule has 1 heterocycles. The molecule has 3 nitrogen and oxygen atoms in total. The maximum absolute atomic E-state index is 11.5. The molecule has 1 saturated heterocycles. The minimum Gasteiger partial charge on any atom is -0.463 e. The lowest BCUT2D eigenvalue weighted by Crippen LogP contribution is -2.37. The van der Waals surface area contributed by atoms with E-state index >= 15 is 0 Å². The standard InChI is InChI=1S/C12H15NO2/c1-12(2)8-15-11(14)10(12)13-9-6-4-3-5-7-9/h3-7,10,13H,8H2,1-2H3. The molecule has 0 aliphatic carbocycles. The predicted octanol–water partition coefficient (Wildman–Crippen LogP) is 2.05. The van der Waals surface area contributed by atoms with E-state index in [2.05, 4.69) is 5.32 Å². The molecule has 0 spiro atoms. The molecule has 80 valence electrons. The number of esters is 1. The van der Waals surface area contributed by atoms with Gasteiger partial charge in [0.15, 0.2) is 0 Å². The van der Waals surface area contributed by atoms with Gasteiger partial charge in [0.05, 0.1) is 6.61 Å². The topological polar surface area (TPSA) is 38.3 Å². The monoisotopic (exact) mass is 205 g/mol. The fraction of sp³-hybridized carbons (Fsp3) is 0.417. The number of benzene rings is 1. The van der Waals surface area contributed by atoms with Crippen LogP contribution >= 0.6 is 0 Å². The summed E-state index contributed by atoms with van der Waals surface area (Å²) in [4.78, 5) is 11.5. The van der Waals surface area contributed by atoms with Crippen molar-refractivity contribution in [3.8, 4) is 0 Å². The van der Waals surface area contributed by atoms with Gasteiger partial charge < -0.3 is 10.1 Å². The number of para-hydroxylation sites is 1. The van der Waals surface area contributed by atoms with Crippen molar-refractivity contribution < 1.29 is 9.53 Å². The van der Waals surface area contributed by atoms with Crippen LogP contribution in [0.3, 0.4) is 0 Å². The molecule has 1 atom stereocenters. The summed E-state index contributed by atoms with van der Waals surface area (Å²) >= 11 is 0. The first-order chi connectivity index (χ1) is 7.09. The van der Waals surface area contributed by atoms with Crippen LogP contribution in [0.25, 0.3) is 0 Å². The van der Waals surface area contributed by atoms with Crippen LogP contribution in [0.2, 0.25) is 0 Å². The molecule has 1 aliphatic rings. The number of ether oxygens (including phenoxy) is 1. The number of carbonyl (C=O) groups is 1. The minimum atomic E-state index is -0.250. The summed E-state index contributed by atoms with van der Waals surface area (Å²) in [7, 11) is 0. The Bertz CT molecular complexity index is 359. The third-order valence-electron chi connectivity index (χ3n) is 2.69. The summed E-state index contributed by atoms with van der Waals surface area (Å²) in [5.41, 5.74) is 0.807. The molecular weight excluding hydrogens is 190 g/mol. The van der Waals surface area contributed by atoms with Crippen LogP contribution in [-0.4, -0.2) is 18.6 Å². The largest absolute Gasteiger partial charge is 0.463 e. The van der Waals surface area contributed by atoms with Gasteiger partial charge in [-0.3, -0.25) is 0 Å². The van der Waals surface area contributed by atoms with Gasteiger partial charge in [0, 0.05) is 11.1 Å². The van der Waals surface area contributed by atoms with E-state index in [9.17, 15) is 4.79 Å². The summed E-state index contributed by atoms with van der Waals surface area (Å²) in [6, 6.07) is 9.47. The highest BCUT2D eigenvalue weighted by Gasteiger charge is 2.43. The van der Waals surface area contributed by atoms with Crippen molar-refractivity contribution >= 4 is 11.7 Å². The molecule has 1 aliphatic heterocycles. The van der Waals surface area contributed by atoms with E-state index in [1.54, 1.807) is 0 Å². The lowest BCUT2D eigenvalue weighted by Gasteiger charge is -2.23. The van der Waals surface area contributed by atoms with Crippen LogP contribution in [0.4, 0.5) is 5.69 Å². The van der Waals surface area contributed by atoms with Crippen molar-refractivity contribution in [3.63, 3.8) is 0 Å². The van der Waals surface area contributed by atoms with Crippen molar-refractivity contribution in [3.05, 3.63) is 30.3 Å². The third-order valence-corrected chi connectivity index (χ3v) is 2.69. The van der Waals surface area contributed by atoms with Gasteiger partial charge >= 0.3 is 5.97 Å². The van der Waals surface area contributed by atoms with Gasteiger partial charge in [-0.15, -0.1) is 0 Å². The average molecular weight is 205 g/mol. The van der Waals surface area contributed by atoms with E-state index in [0.717, 1.165) is 5.69 Å². The molecular formula is C12H15NO2. The van der Waals surface area contributed by atoms with Gasteiger partial charge in [0.25, 0.3) is 0 Å². The Balaban J connectivity index is 2.15. The maximum Gasteiger partial charge on any atom is 0.329 e. The Morgan fingerprint density at radius 2 is 2.00 bits per heavy atom. The molecule has 0 amide bonds. The van der Waals surface area contributed by atoms with Crippen molar-refractivity contribution in [1.29, 1.82) is 0 Å². The molecule has 0 radical (unpaired) electrons. The molecule has 3 heteroatoms. The molecule has 1 aromatic rings. The first-order valence-corrected chi connectivity index (χ1v) is 5.08. The van der Waals surface area contributed by atoms with Gasteiger partial charge in [-0.1, -0.05) is 32.0 Å². The van der Waals surface area contributed by atoms with Gasteiger partial charge in [-0.05, 0) is 12.1 Å². The van der Waals surface area contributed by atoms with Crippen LogP contribution in [-0.2, 0) is 9.53 Å². The lowest BCUT2D eigenvalue weighted by molar-refractivity contribution is -0.138. The first-order valence-electron chi connectivity index (χ1n) is 5.08. The van der Waals surface area contributed by atoms with Crippen molar-refractivity contribution in [2.75, 3.05) is 11.9 Å². The number of hydrogen-bond acceptors (Lipinski definition) is 3. The summed E-state index contributed by atoms with van der Waals surface area (Å²) in [6.45, 7) is 4.54. The van der Waals surface area contributed by atoms with E-state index < -0.39 is 0 Å². The van der Waals surface area contributed by atoms with Crippen molar-refractivity contribution in [1.82, 2.24) is 0 Å². The van der Waals surface area contributed by atoms with Gasteiger partial charge in [-0.2, -0.15) is 0 Å². The van der Waals surface area contributed by atoms with Gasteiger partial charge in [0.1, 0.15) is 6.04 Å². The number of rotatable bonds is 2. The highest BCUT2D eigenvalue weighted by atomic mass is 16.5. The highest BCUT2D eigenvalue weighted by molar-refractivity contribution is 5.82. The van der Waals surface area contributed by atoms with Gasteiger partial charge in [0.2, 0.25) is 0 Å². The summed E-state index contributed by atoms with van der Waals surface area (Å²) in [6.07, 6.45) is 0. The lowest BCUT2D eigenvalue weighted by atomic mass is 9.87. The van der Waals surface area contributed by atoms with Crippen LogP contribution in [0.5, 0.6) is 0 Å². The number of hydrogen-bond donors (Lipinski definition) is 1. The molecule has 0 aromatic heterocycles. The number of nitrogens with one attached hydrogen (secondary N) is 1. The molecule has 15 heavy (non-hydrogen) atoms. The van der Waals surface area contributed by atoms with E-state index in [4.69, 9.17) is 4.74 Å². The summed E-state index contributed by atoms with van der Waals surface area (Å²) < 4.78 is 5.05. The minimum absolute atomic E-state index is 0.146. The van der Waals surface area contributed by atoms with Gasteiger partial charge in [-0.25, -0.2) is 4.79 Å². The normalized spacial score (nSPS) is 23.6. The quantitative estimate of drug-likeness (QED) is 0.751. The smallest absolute Gasteiger partial charge is 0.329 e. The number of cyclic esters (lactones) is 1. The third kappa shape index (κ3) is 1.96. The Morgan fingerprint density at radius 1 is 1.33 bits per heavy atom. The molecule has 1 N–H and O–H groups in total. The summed E-state index contributed by atoms with van der Waals surface area (Å²) in [5.74, 6) is -0.163. The van der Waals surface area contributed by atoms with Crippen LogP contribution in [0.15, 0.2) is 30.3 Å². The van der Waals surface area contributed by atoms with Crippen molar-refractivity contribution in [2.24, 2.45) is 5.41 Å². The molecule has 1 fully saturated rings. The SMILES string of the molecule is CC1(C)COC(=O)C1Nc1ccccc1. The Labute approximate surface area is 89.4 Å². The predicted molar refractivity (Wildman–Crippen MR) is 58.6 cm³/mol. The number of carbonyl (C=O) groups excluding carboxylic acids is 1. The Morgan fingerprint density at radius 3 is 2.53 bits per heavy atom. The van der Waals surface area contributed by atoms with E-state index in [1.165, 1.54) is 0 Å². The Kier molecular flexibility index (Phi) is 2.39. The summed E-state index contributed by atoms with van der Waals surface area (Å²) in [5, 5.41) is 3.21. The van der Waals surface area contributed by atoms with E-state index in [0.29, 0.717) is 6.61 Å². The zero-order chi connectivity index (χ0) is 10.9. The van der Waals surface area contributed by atoms with E-state index in [1.807, 2.05) is 44.2 Å².